The number of carboxylic acids is 1. The Hall–Kier alpha value is -3.35. The van der Waals surface area contributed by atoms with Crippen LogP contribution in [0.1, 0.15) is 44.2 Å². The van der Waals surface area contributed by atoms with Gasteiger partial charge in [0.05, 0.1) is 5.92 Å². The van der Waals surface area contributed by atoms with Gasteiger partial charge in [-0.25, -0.2) is 4.79 Å². The minimum Gasteiger partial charge on any atom is -0.481 e. The van der Waals surface area contributed by atoms with E-state index in [1.54, 1.807) is 13.8 Å². The zero-order chi connectivity index (χ0) is 23.5. The normalized spacial score (nSPS) is 15.1. The molecule has 2 aromatic rings. The maximum absolute atomic E-state index is 12.9. The highest BCUT2D eigenvalue weighted by atomic mass is 16.5. The maximum Gasteiger partial charge on any atom is 0.408 e. The third kappa shape index (κ3) is 4.61. The van der Waals surface area contributed by atoms with Gasteiger partial charge in [-0.3, -0.25) is 9.59 Å². The molecular formula is C25H30N2O5. The Morgan fingerprint density at radius 3 is 2.12 bits per heavy atom. The summed E-state index contributed by atoms with van der Waals surface area (Å²) in [6.45, 7) is 5.15. The standard InChI is InChI=1S/C25H30N2O5/c1-5-25(3,23(30)27(4)14-16(2)22(28)29)26-24(31)32-15-21-19-12-8-6-10-17(19)18-11-7-9-13-20(18)21/h6-13,16,21H,5,14-15H2,1-4H3,(H,26,31)(H,28,29). The highest BCUT2D eigenvalue weighted by Gasteiger charge is 2.37. The summed E-state index contributed by atoms with van der Waals surface area (Å²) in [5.41, 5.74) is 3.30. The van der Waals surface area contributed by atoms with Crippen molar-refractivity contribution >= 4 is 18.0 Å². The molecule has 2 atom stereocenters. The number of benzene rings is 2. The van der Waals surface area contributed by atoms with Gasteiger partial charge in [0.1, 0.15) is 12.1 Å². The van der Waals surface area contributed by atoms with Gasteiger partial charge in [0.15, 0.2) is 0 Å². The summed E-state index contributed by atoms with van der Waals surface area (Å²) in [5.74, 6) is -2.12. The molecule has 32 heavy (non-hydrogen) atoms. The van der Waals surface area contributed by atoms with Crippen molar-refractivity contribution in [2.75, 3.05) is 20.2 Å². The predicted molar refractivity (Wildman–Crippen MR) is 121 cm³/mol. The lowest BCUT2D eigenvalue weighted by atomic mass is 9.96. The molecule has 0 saturated heterocycles. The minimum atomic E-state index is -1.20. The number of nitrogens with one attached hydrogen (secondary N) is 1. The van der Waals surface area contributed by atoms with Gasteiger partial charge in [-0.15, -0.1) is 0 Å². The fraction of sp³-hybridized carbons (Fsp3) is 0.400. The van der Waals surface area contributed by atoms with Crippen molar-refractivity contribution in [2.45, 2.75) is 38.6 Å². The van der Waals surface area contributed by atoms with Crippen LogP contribution in [-0.4, -0.2) is 53.7 Å². The van der Waals surface area contributed by atoms with Crippen LogP contribution in [-0.2, 0) is 14.3 Å². The van der Waals surface area contributed by atoms with E-state index in [1.807, 2.05) is 36.4 Å². The number of alkyl carbamates (subject to hydrolysis) is 1. The van der Waals surface area contributed by atoms with E-state index >= 15 is 0 Å². The molecule has 2 amide bonds. The monoisotopic (exact) mass is 438 g/mol. The van der Waals surface area contributed by atoms with Gasteiger partial charge in [0.25, 0.3) is 0 Å². The summed E-state index contributed by atoms with van der Waals surface area (Å²) in [6.07, 6.45) is -0.341. The van der Waals surface area contributed by atoms with Crippen LogP contribution in [0.25, 0.3) is 11.1 Å². The zero-order valence-electron chi connectivity index (χ0n) is 18.9. The molecule has 0 aromatic heterocycles. The van der Waals surface area contributed by atoms with Crippen LogP contribution >= 0.6 is 0 Å². The Labute approximate surface area is 188 Å². The fourth-order valence-electron chi connectivity index (χ4n) is 4.15. The van der Waals surface area contributed by atoms with Crippen molar-refractivity contribution in [3.05, 3.63) is 59.7 Å². The summed E-state index contributed by atoms with van der Waals surface area (Å²) in [5, 5.41) is 11.8. The van der Waals surface area contributed by atoms with Gasteiger partial charge in [-0.1, -0.05) is 62.4 Å². The summed E-state index contributed by atoms with van der Waals surface area (Å²) in [4.78, 5) is 38.0. The number of likely N-dealkylation sites (N-methyl/N-ethyl adjacent to an activating group) is 1. The number of fused-ring (bicyclic) bond motifs is 3. The molecular weight excluding hydrogens is 408 g/mol. The molecule has 0 aliphatic heterocycles. The first-order chi connectivity index (χ1) is 15.2. The summed E-state index contributed by atoms with van der Waals surface area (Å²) in [6, 6.07) is 16.1. The average molecular weight is 439 g/mol. The summed E-state index contributed by atoms with van der Waals surface area (Å²) < 4.78 is 5.57. The number of hydrogen-bond acceptors (Lipinski definition) is 4. The van der Waals surface area contributed by atoms with Gasteiger partial charge >= 0.3 is 12.1 Å². The Morgan fingerprint density at radius 2 is 1.62 bits per heavy atom. The average Bonchev–Trinajstić information content (AvgIpc) is 3.10. The van der Waals surface area contributed by atoms with Crippen LogP contribution in [0.2, 0.25) is 0 Å². The highest BCUT2D eigenvalue weighted by Crippen LogP contribution is 2.44. The molecule has 2 N–H and O–H groups in total. The molecule has 0 heterocycles. The van der Waals surface area contributed by atoms with Crippen LogP contribution < -0.4 is 5.32 Å². The van der Waals surface area contributed by atoms with Crippen LogP contribution in [0.4, 0.5) is 4.79 Å². The Morgan fingerprint density at radius 1 is 1.09 bits per heavy atom. The first kappa shape index (κ1) is 23.3. The lowest BCUT2D eigenvalue weighted by Gasteiger charge is -2.33. The van der Waals surface area contributed by atoms with Crippen LogP contribution in [0.15, 0.2) is 48.5 Å². The van der Waals surface area contributed by atoms with E-state index in [1.165, 1.54) is 18.9 Å². The molecule has 7 nitrogen and oxygen atoms in total. The van der Waals surface area contributed by atoms with E-state index < -0.39 is 23.5 Å². The number of aliphatic carboxylic acids is 1. The zero-order valence-corrected chi connectivity index (χ0v) is 18.9. The number of nitrogens with zero attached hydrogens (tertiary/aromatic N) is 1. The largest absolute Gasteiger partial charge is 0.481 e. The summed E-state index contributed by atoms with van der Waals surface area (Å²) in [7, 11) is 1.54. The highest BCUT2D eigenvalue weighted by molar-refractivity contribution is 5.89. The molecule has 2 aromatic carbocycles. The number of amides is 2. The second kappa shape index (κ2) is 9.42. The molecule has 7 heteroatoms. The lowest BCUT2D eigenvalue weighted by molar-refractivity contribution is -0.144. The third-order valence-electron chi connectivity index (χ3n) is 6.22. The van der Waals surface area contributed by atoms with Crippen LogP contribution in [0.5, 0.6) is 0 Å². The number of carboxylic acid groups (broad SMARTS) is 1. The van der Waals surface area contributed by atoms with E-state index in [2.05, 4.69) is 17.4 Å². The SMILES string of the molecule is CCC(C)(NC(=O)OCC1c2ccccc2-c2ccccc21)C(=O)N(C)CC(C)C(=O)O. The molecule has 170 valence electrons. The fourth-order valence-corrected chi connectivity index (χ4v) is 4.15. The number of hydrogen-bond donors (Lipinski definition) is 2. The number of carbonyl (C=O) groups is 3. The van der Waals surface area contributed by atoms with Gasteiger partial charge in [-0.05, 0) is 35.6 Å². The lowest BCUT2D eigenvalue weighted by Crippen LogP contribution is -2.57. The first-order valence-corrected chi connectivity index (χ1v) is 10.8. The second-order valence-electron chi connectivity index (χ2n) is 8.56. The molecule has 1 aliphatic rings. The minimum absolute atomic E-state index is 0.0517. The number of carbonyl (C=O) groups excluding carboxylic acids is 2. The topological polar surface area (TPSA) is 95.9 Å². The van der Waals surface area contributed by atoms with Crippen molar-refractivity contribution in [2.24, 2.45) is 5.92 Å². The number of ether oxygens (including phenoxy) is 1. The van der Waals surface area contributed by atoms with Gasteiger partial charge in [-0.2, -0.15) is 0 Å². The van der Waals surface area contributed by atoms with Crippen molar-refractivity contribution in [3.63, 3.8) is 0 Å². The van der Waals surface area contributed by atoms with Crippen molar-refractivity contribution < 1.29 is 24.2 Å². The first-order valence-electron chi connectivity index (χ1n) is 10.8. The Bertz CT molecular complexity index is 975. The van der Waals surface area contributed by atoms with Gasteiger partial charge < -0.3 is 20.1 Å². The maximum atomic E-state index is 12.9. The van der Waals surface area contributed by atoms with E-state index in [-0.39, 0.29) is 25.0 Å². The molecule has 1 aliphatic carbocycles. The molecule has 0 spiro atoms. The predicted octanol–water partition coefficient (Wildman–Crippen LogP) is 3.87. The number of rotatable bonds is 8. The smallest absolute Gasteiger partial charge is 0.408 e. The van der Waals surface area contributed by atoms with Gasteiger partial charge in [0.2, 0.25) is 5.91 Å². The molecule has 2 unspecified atom stereocenters. The third-order valence-corrected chi connectivity index (χ3v) is 6.22. The van der Waals surface area contributed by atoms with Crippen molar-refractivity contribution in [3.8, 4) is 11.1 Å². The summed E-state index contributed by atoms with van der Waals surface area (Å²) >= 11 is 0. The Balaban J connectivity index is 1.67. The molecule has 3 rings (SSSR count). The van der Waals surface area contributed by atoms with Crippen LogP contribution in [0.3, 0.4) is 0 Å². The van der Waals surface area contributed by atoms with E-state index in [0.29, 0.717) is 6.42 Å². The Kier molecular flexibility index (Phi) is 6.87. The van der Waals surface area contributed by atoms with E-state index in [9.17, 15) is 14.4 Å². The van der Waals surface area contributed by atoms with Crippen molar-refractivity contribution in [1.82, 2.24) is 10.2 Å². The van der Waals surface area contributed by atoms with Gasteiger partial charge in [0, 0.05) is 19.5 Å². The van der Waals surface area contributed by atoms with Crippen molar-refractivity contribution in [1.29, 1.82) is 0 Å². The molecule has 0 fully saturated rings. The molecule has 0 bridgehead atoms. The molecule has 0 saturated carbocycles. The van der Waals surface area contributed by atoms with Crippen LogP contribution in [0, 0.1) is 5.92 Å². The molecule has 0 radical (unpaired) electrons. The van der Waals surface area contributed by atoms with E-state index in [0.717, 1.165) is 22.3 Å². The second-order valence-corrected chi connectivity index (χ2v) is 8.56. The van der Waals surface area contributed by atoms with E-state index in [4.69, 9.17) is 9.84 Å². The quantitative estimate of drug-likeness (QED) is 0.652.